The van der Waals surface area contributed by atoms with Gasteiger partial charge in [0.15, 0.2) is 0 Å². The molecule has 0 spiro atoms. The molecule has 6 heteroatoms. The molecule has 2 amide bonds. The highest BCUT2D eigenvalue weighted by Crippen LogP contribution is 2.43. The van der Waals surface area contributed by atoms with Crippen LogP contribution < -0.4 is 5.32 Å². The molecule has 0 aromatic rings. The summed E-state index contributed by atoms with van der Waals surface area (Å²) in [5, 5.41) is 11.7. The number of carbonyl (C=O) groups excluding carboxylic acids is 2. The summed E-state index contributed by atoms with van der Waals surface area (Å²) in [6.45, 7) is 1.58. The van der Waals surface area contributed by atoms with Gasteiger partial charge in [0.05, 0.1) is 13.0 Å². The molecular formula is C15H24N2O4. The van der Waals surface area contributed by atoms with E-state index in [0.29, 0.717) is 0 Å². The molecule has 6 nitrogen and oxygen atoms in total. The van der Waals surface area contributed by atoms with Crippen molar-refractivity contribution in [3.05, 3.63) is 0 Å². The van der Waals surface area contributed by atoms with Gasteiger partial charge in [-0.25, -0.2) is 0 Å². The number of nitrogens with one attached hydrogen (secondary N) is 1. The smallest absolute Gasteiger partial charge is 0.303 e. The van der Waals surface area contributed by atoms with Crippen molar-refractivity contribution < 1.29 is 19.5 Å². The van der Waals surface area contributed by atoms with Gasteiger partial charge >= 0.3 is 5.97 Å². The first kappa shape index (κ1) is 15.8. The largest absolute Gasteiger partial charge is 0.481 e. The van der Waals surface area contributed by atoms with E-state index in [0.717, 1.165) is 51.6 Å². The van der Waals surface area contributed by atoms with Crippen molar-refractivity contribution >= 4 is 17.8 Å². The van der Waals surface area contributed by atoms with Gasteiger partial charge in [-0.3, -0.25) is 14.4 Å². The van der Waals surface area contributed by atoms with Gasteiger partial charge in [-0.2, -0.15) is 0 Å². The Balaban J connectivity index is 1.79. The molecule has 0 bridgehead atoms. The van der Waals surface area contributed by atoms with E-state index in [1.807, 2.05) is 0 Å². The highest BCUT2D eigenvalue weighted by molar-refractivity contribution is 5.85. The number of carboxylic acid groups (broad SMARTS) is 1. The highest BCUT2D eigenvalue weighted by Gasteiger charge is 2.38. The van der Waals surface area contributed by atoms with Gasteiger partial charge in [0.25, 0.3) is 0 Å². The summed E-state index contributed by atoms with van der Waals surface area (Å²) in [5.74, 6) is -1.09. The van der Waals surface area contributed by atoms with Gasteiger partial charge in [0.2, 0.25) is 11.8 Å². The van der Waals surface area contributed by atoms with Gasteiger partial charge in [-0.05, 0) is 31.1 Å². The summed E-state index contributed by atoms with van der Waals surface area (Å²) in [7, 11) is 0. The van der Waals surface area contributed by atoms with E-state index in [1.54, 1.807) is 4.90 Å². The number of likely N-dealkylation sites (tertiary alicyclic amines) is 1. The van der Waals surface area contributed by atoms with Crippen molar-refractivity contribution in [2.45, 2.75) is 51.4 Å². The number of nitrogens with zero attached hydrogens (tertiary/aromatic N) is 1. The molecular weight excluding hydrogens is 272 g/mol. The molecule has 0 radical (unpaired) electrons. The molecule has 2 aliphatic rings. The van der Waals surface area contributed by atoms with E-state index < -0.39 is 11.4 Å². The second kappa shape index (κ2) is 6.91. The van der Waals surface area contributed by atoms with Crippen LogP contribution >= 0.6 is 0 Å². The number of carboxylic acids is 1. The van der Waals surface area contributed by atoms with Gasteiger partial charge in [-0.15, -0.1) is 0 Å². The lowest BCUT2D eigenvalue weighted by Gasteiger charge is -2.26. The van der Waals surface area contributed by atoms with Gasteiger partial charge in [0.1, 0.15) is 0 Å². The molecule has 118 valence electrons. The fourth-order valence-corrected chi connectivity index (χ4v) is 3.52. The molecule has 1 aliphatic carbocycles. The van der Waals surface area contributed by atoms with Crippen LogP contribution in [0, 0.1) is 5.41 Å². The number of aliphatic carboxylic acids is 1. The van der Waals surface area contributed by atoms with E-state index in [9.17, 15) is 14.4 Å². The first-order chi connectivity index (χ1) is 10.0. The maximum atomic E-state index is 12.0. The Hall–Kier alpha value is -1.59. The topological polar surface area (TPSA) is 86.7 Å². The predicted molar refractivity (Wildman–Crippen MR) is 76.6 cm³/mol. The average molecular weight is 296 g/mol. The van der Waals surface area contributed by atoms with E-state index in [1.165, 1.54) is 0 Å². The fourth-order valence-electron chi connectivity index (χ4n) is 3.52. The van der Waals surface area contributed by atoms with E-state index in [2.05, 4.69) is 5.32 Å². The first-order valence-electron chi connectivity index (χ1n) is 7.77. The summed E-state index contributed by atoms with van der Waals surface area (Å²) in [5.41, 5.74) is -0.410. The minimum Gasteiger partial charge on any atom is -0.481 e. The molecule has 0 aromatic heterocycles. The van der Waals surface area contributed by atoms with Crippen LogP contribution in [0.15, 0.2) is 0 Å². The summed E-state index contributed by atoms with van der Waals surface area (Å²) in [6.07, 6.45) is 5.84. The maximum absolute atomic E-state index is 12.0. The fraction of sp³-hybridized carbons (Fsp3) is 0.800. The minimum atomic E-state index is -0.849. The number of hydrogen-bond donors (Lipinski definition) is 2. The molecule has 0 aromatic carbocycles. The van der Waals surface area contributed by atoms with Crippen LogP contribution in [0.3, 0.4) is 0 Å². The molecule has 2 N–H and O–H groups in total. The Morgan fingerprint density at radius 3 is 2.19 bits per heavy atom. The normalized spacial score (nSPS) is 20.5. The standard InChI is InChI=1S/C15H24N2O4/c18-12(16-11-13(19)17-7-3-4-8-17)9-15(10-14(20)21)5-1-2-6-15/h1-11H2,(H,16,18)(H,20,21). The zero-order valence-corrected chi connectivity index (χ0v) is 12.4. The minimum absolute atomic E-state index is 0.0297. The summed E-state index contributed by atoms with van der Waals surface area (Å²) in [4.78, 5) is 36.6. The van der Waals surface area contributed by atoms with Crippen LogP contribution in [0.25, 0.3) is 0 Å². The van der Waals surface area contributed by atoms with Crippen molar-refractivity contribution in [1.82, 2.24) is 10.2 Å². The average Bonchev–Trinajstić information content (AvgIpc) is 3.06. The Kier molecular flexibility index (Phi) is 5.20. The van der Waals surface area contributed by atoms with Crippen molar-refractivity contribution in [3.8, 4) is 0 Å². The third-order valence-corrected chi connectivity index (χ3v) is 4.62. The lowest BCUT2D eigenvalue weighted by Crippen LogP contribution is -2.40. The van der Waals surface area contributed by atoms with Crippen LogP contribution in [-0.2, 0) is 14.4 Å². The summed E-state index contributed by atoms with van der Waals surface area (Å²) < 4.78 is 0. The Labute approximate surface area is 124 Å². The molecule has 1 heterocycles. The van der Waals surface area contributed by atoms with Crippen LogP contribution in [0.2, 0.25) is 0 Å². The van der Waals surface area contributed by atoms with Crippen molar-refractivity contribution in [2.24, 2.45) is 5.41 Å². The van der Waals surface area contributed by atoms with Gasteiger partial charge in [0, 0.05) is 19.5 Å². The number of amides is 2. The predicted octanol–water partition coefficient (Wildman–Crippen LogP) is 1.15. The molecule has 1 saturated carbocycles. The SMILES string of the molecule is O=C(O)CC1(CC(=O)NCC(=O)N2CCCC2)CCCC1. The summed E-state index contributed by atoms with van der Waals surface area (Å²) >= 11 is 0. The van der Waals surface area contributed by atoms with E-state index in [-0.39, 0.29) is 31.2 Å². The first-order valence-corrected chi connectivity index (χ1v) is 7.77. The Morgan fingerprint density at radius 2 is 1.62 bits per heavy atom. The maximum Gasteiger partial charge on any atom is 0.303 e. The zero-order valence-electron chi connectivity index (χ0n) is 12.4. The monoisotopic (exact) mass is 296 g/mol. The van der Waals surface area contributed by atoms with E-state index >= 15 is 0 Å². The molecule has 2 fully saturated rings. The molecule has 1 saturated heterocycles. The van der Waals surface area contributed by atoms with Gasteiger partial charge < -0.3 is 15.3 Å². The lowest BCUT2D eigenvalue weighted by atomic mass is 9.79. The number of carbonyl (C=O) groups is 3. The molecule has 21 heavy (non-hydrogen) atoms. The summed E-state index contributed by atoms with van der Waals surface area (Å²) in [6, 6.07) is 0. The molecule has 0 atom stereocenters. The van der Waals surface area contributed by atoms with E-state index in [4.69, 9.17) is 5.11 Å². The third-order valence-electron chi connectivity index (χ3n) is 4.62. The number of hydrogen-bond acceptors (Lipinski definition) is 3. The molecule has 1 aliphatic heterocycles. The second-order valence-electron chi connectivity index (χ2n) is 6.32. The van der Waals surface area contributed by atoms with Crippen molar-refractivity contribution in [1.29, 1.82) is 0 Å². The van der Waals surface area contributed by atoms with Crippen molar-refractivity contribution in [2.75, 3.05) is 19.6 Å². The Morgan fingerprint density at radius 1 is 1.00 bits per heavy atom. The third kappa shape index (κ3) is 4.44. The number of rotatable bonds is 6. The second-order valence-corrected chi connectivity index (χ2v) is 6.32. The Bertz CT molecular complexity index is 410. The van der Waals surface area contributed by atoms with Crippen LogP contribution in [0.5, 0.6) is 0 Å². The highest BCUT2D eigenvalue weighted by atomic mass is 16.4. The molecule has 2 rings (SSSR count). The van der Waals surface area contributed by atoms with Crippen LogP contribution in [0.1, 0.15) is 51.4 Å². The quantitative estimate of drug-likeness (QED) is 0.770. The molecule has 0 unspecified atom stereocenters. The lowest BCUT2D eigenvalue weighted by molar-refractivity contribution is -0.140. The van der Waals surface area contributed by atoms with Gasteiger partial charge in [-0.1, -0.05) is 12.8 Å². The van der Waals surface area contributed by atoms with Crippen LogP contribution in [0.4, 0.5) is 0 Å². The van der Waals surface area contributed by atoms with Crippen LogP contribution in [-0.4, -0.2) is 47.4 Å². The zero-order chi connectivity index (χ0) is 15.3. The van der Waals surface area contributed by atoms with Crippen molar-refractivity contribution in [3.63, 3.8) is 0 Å².